The highest BCUT2D eigenvalue weighted by Gasteiger charge is 2.37. The predicted octanol–water partition coefficient (Wildman–Crippen LogP) is 4.94. The van der Waals surface area contributed by atoms with Crippen LogP contribution < -0.4 is 10.6 Å². The first kappa shape index (κ1) is 34.2. The summed E-state index contributed by atoms with van der Waals surface area (Å²) in [5.74, 6) is 0.863. The number of H-pyrrole nitrogens is 2. The summed E-state index contributed by atoms with van der Waals surface area (Å²) in [7, 11) is 1.28. The number of alkyl carbamates (subject to hydrolysis) is 1. The Balaban J connectivity index is 1.09. The molecule has 4 amide bonds. The van der Waals surface area contributed by atoms with E-state index in [2.05, 4.69) is 42.7 Å². The highest BCUT2D eigenvalue weighted by Crippen LogP contribution is 2.33. The van der Waals surface area contributed by atoms with E-state index in [1.807, 2.05) is 50.2 Å². The van der Waals surface area contributed by atoms with Gasteiger partial charge in [0.05, 0.1) is 43.5 Å². The second-order valence-corrected chi connectivity index (χ2v) is 13.0. The highest BCUT2D eigenvalue weighted by atomic mass is 16.5. The monoisotopic (exact) mass is 682 g/mol. The summed E-state index contributed by atoms with van der Waals surface area (Å²) in [6.07, 6.45) is 4.53. The van der Waals surface area contributed by atoms with Crippen LogP contribution in [0.3, 0.4) is 0 Å². The lowest BCUT2D eigenvalue weighted by Gasteiger charge is -2.31. The number of carbonyl (C=O) groups excluding carboxylic acids is 3. The Morgan fingerprint density at radius 3 is 2.12 bits per heavy atom. The van der Waals surface area contributed by atoms with E-state index in [-0.39, 0.29) is 30.3 Å². The zero-order valence-corrected chi connectivity index (χ0v) is 28.3. The maximum Gasteiger partial charge on any atom is 0.407 e. The number of likely N-dealkylation sites (tertiary alicyclic amines) is 2. The van der Waals surface area contributed by atoms with Gasteiger partial charge >= 0.3 is 12.2 Å². The predicted molar refractivity (Wildman–Crippen MR) is 184 cm³/mol. The van der Waals surface area contributed by atoms with Gasteiger partial charge in [-0.2, -0.15) is 0 Å². The number of amides is 4. The molecule has 2 fully saturated rings. The number of ether oxygens (including phenoxy) is 1. The Labute approximate surface area is 289 Å². The average molecular weight is 683 g/mol. The van der Waals surface area contributed by atoms with Crippen molar-refractivity contribution in [2.75, 3.05) is 20.2 Å². The van der Waals surface area contributed by atoms with Crippen LogP contribution in [-0.4, -0.2) is 91.1 Å². The smallest absolute Gasteiger partial charge is 0.407 e. The van der Waals surface area contributed by atoms with Gasteiger partial charge in [-0.25, -0.2) is 19.6 Å². The zero-order valence-electron chi connectivity index (χ0n) is 28.3. The van der Waals surface area contributed by atoms with Crippen LogP contribution in [0.5, 0.6) is 0 Å². The molecule has 2 aliphatic rings. The number of methoxy groups -OCH3 is 1. The van der Waals surface area contributed by atoms with Crippen molar-refractivity contribution in [2.45, 2.75) is 64.2 Å². The summed E-state index contributed by atoms with van der Waals surface area (Å²) in [5.41, 5.74) is 5.68. The minimum absolute atomic E-state index is 0.105. The summed E-state index contributed by atoms with van der Waals surface area (Å²) in [4.78, 5) is 68.4. The van der Waals surface area contributed by atoms with Crippen molar-refractivity contribution in [3.63, 3.8) is 0 Å². The van der Waals surface area contributed by atoms with Crippen molar-refractivity contribution in [2.24, 2.45) is 5.92 Å². The van der Waals surface area contributed by atoms with E-state index < -0.39 is 24.3 Å². The van der Waals surface area contributed by atoms with E-state index in [1.165, 1.54) is 7.11 Å². The second kappa shape index (κ2) is 14.8. The molecule has 5 N–H and O–H groups in total. The summed E-state index contributed by atoms with van der Waals surface area (Å²) < 4.78 is 4.74. The van der Waals surface area contributed by atoms with Crippen molar-refractivity contribution in [1.29, 1.82) is 0 Å². The number of aromatic nitrogens is 4. The summed E-state index contributed by atoms with van der Waals surface area (Å²) >= 11 is 0. The quantitative estimate of drug-likeness (QED) is 0.156. The lowest BCUT2D eigenvalue weighted by Crippen LogP contribution is -2.51. The number of nitrogens with zero attached hydrogens (tertiary/aromatic N) is 4. The molecular weight excluding hydrogens is 640 g/mol. The molecule has 0 saturated carbocycles. The first-order chi connectivity index (χ1) is 24.1. The van der Waals surface area contributed by atoms with Crippen LogP contribution in [0.25, 0.3) is 33.6 Å². The van der Waals surface area contributed by atoms with Crippen molar-refractivity contribution < 1.29 is 29.0 Å². The number of aromatic amines is 2. The lowest BCUT2D eigenvalue weighted by atomic mass is 10.0. The van der Waals surface area contributed by atoms with Gasteiger partial charge in [-0.3, -0.25) is 9.59 Å². The molecule has 2 unspecified atom stereocenters. The first-order valence-electron chi connectivity index (χ1n) is 16.8. The van der Waals surface area contributed by atoms with Gasteiger partial charge in [0, 0.05) is 13.1 Å². The number of imidazole rings is 2. The van der Waals surface area contributed by atoms with Gasteiger partial charge in [-0.1, -0.05) is 62.4 Å². The van der Waals surface area contributed by atoms with Crippen LogP contribution in [0, 0.1) is 5.92 Å². The van der Waals surface area contributed by atoms with Crippen LogP contribution in [0.15, 0.2) is 60.9 Å². The topological polar surface area (TPSA) is 186 Å². The molecule has 262 valence electrons. The molecule has 2 aromatic carbocycles. The molecular formula is C36H42N8O6. The van der Waals surface area contributed by atoms with Gasteiger partial charge in [0.25, 0.3) is 0 Å². The third kappa shape index (κ3) is 7.48. The van der Waals surface area contributed by atoms with E-state index in [0.29, 0.717) is 25.3 Å². The maximum absolute atomic E-state index is 13.5. The minimum Gasteiger partial charge on any atom is -0.465 e. The number of carbonyl (C=O) groups is 4. The molecule has 2 aromatic heterocycles. The van der Waals surface area contributed by atoms with E-state index >= 15 is 0 Å². The zero-order chi connectivity index (χ0) is 35.4. The summed E-state index contributed by atoms with van der Waals surface area (Å²) in [6.45, 7) is 5.21. The van der Waals surface area contributed by atoms with E-state index in [9.17, 15) is 19.2 Å². The number of rotatable bonds is 10. The van der Waals surface area contributed by atoms with Crippen LogP contribution >= 0.6 is 0 Å². The SMILES string of the molecule is COC(=O)NC(C(=O)N1CCCC1c1ncc(-c2ccc(-c3ccc(-c4cnc(CN5CCC[C@H](NC(=O)O)C5=O)[nH]4)cc3)cc2)[nH]1)C(C)C. The van der Waals surface area contributed by atoms with Gasteiger partial charge in [0.15, 0.2) is 0 Å². The molecule has 6 rings (SSSR count). The van der Waals surface area contributed by atoms with Crippen LogP contribution in [-0.2, 0) is 20.9 Å². The maximum atomic E-state index is 13.5. The number of nitrogens with one attached hydrogen (secondary N) is 4. The molecule has 4 aromatic rings. The summed E-state index contributed by atoms with van der Waals surface area (Å²) in [5, 5.41) is 14.0. The normalized spacial score (nSPS) is 18.3. The molecule has 0 radical (unpaired) electrons. The fraction of sp³-hybridized carbons (Fsp3) is 0.389. The molecule has 4 heterocycles. The molecule has 2 saturated heterocycles. The van der Waals surface area contributed by atoms with Crippen LogP contribution in [0.1, 0.15) is 57.2 Å². The molecule has 14 nitrogen and oxygen atoms in total. The molecule has 14 heteroatoms. The fourth-order valence-electron chi connectivity index (χ4n) is 6.68. The van der Waals surface area contributed by atoms with Gasteiger partial charge in [-0.15, -0.1) is 0 Å². The number of carboxylic acid groups (broad SMARTS) is 1. The standard InChI is InChI=1S/C36H42N8O6/c1-21(2)31(42-36(49)50-3)34(46)44-17-5-7-29(44)32-38-19-28(40-32)25-14-10-23(11-15-25)22-8-12-24(13-9-22)27-18-37-30(39-27)20-43-16-4-6-26(33(43)45)41-35(47)48/h8-15,18-19,21,26,29,31,41H,4-7,16-17,20H2,1-3H3,(H,37,39)(H,38,40)(H,42,49)(H,47,48)/t26-,29?,31?/m0/s1. The molecule has 2 aliphatic heterocycles. The Morgan fingerprint density at radius 1 is 0.900 bits per heavy atom. The van der Waals surface area contributed by atoms with Crippen molar-refractivity contribution in [3.05, 3.63) is 72.6 Å². The summed E-state index contributed by atoms with van der Waals surface area (Å²) in [6, 6.07) is 14.7. The Hall–Kier alpha value is -5.66. The molecule has 0 bridgehead atoms. The number of hydrogen-bond acceptors (Lipinski definition) is 7. The number of hydrogen-bond donors (Lipinski definition) is 5. The Kier molecular flexibility index (Phi) is 10.2. The van der Waals surface area contributed by atoms with Crippen molar-refractivity contribution in [1.82, 2.24) is 40.4 Å². The van der Waals surface area contributed by atoms with E-state index in [4.69, 9.17) is 9.84 Å². The van der Waals surface area contributed by atoms with Gasteiger partial charge in [-0.05, 0) is 53.9 Å². The van der Waals surface area contributed by atoms with Gasteiger partial charge in [0.2, 0.25) is 11.8 Å². The molecule has 0 spiro atoms. The number of piperidine rings is 1. The second-order valence-electron chi connectivity index (χ2n) is 13.0. The van der Waals surface area contributed by atoms with Crippen LogP contribution in [0.2, 0.25) is 0 Å². The minimum atomic E-state index is -1.20. The molecule has 3 atom stereocenters. The highest BCUT2D eigenvalue weighted by molar-refractivity contribution is 5.87. The Morgan fingerprint density at radius 2 is 1.50 bits per heavy atom. The average Bonchev–Trinajstić information content (AvgIpc) is 3.90. The number of benzene rings is 2. The van der Waals surface area contributed by atoms with Crippen molar-refractivity contribution >= 4 is 24.0 Å². The van der Waals surface area contributed by atoms with Crippen molar-refractivity contribution in [3.8, 4) is 33.6 Å². The molecule has 0 aliphatic carbocycles. The molecule has 50 heavy (non-hydrogen) atoms. The lowest BCUT2D eigenvalue weighted by molar-refractivity contribution is -0.136. The van der Waals surface area contributed by atoms with Gasteiger partial charge < -0.3 is 40.2 Å². The third-order valence-electron chi connectivity index (χ3n) is 9.36. The third-order valence-corrected chi connectivity index (χ3v) is 9.36. The fourth-order valence-corrected chi connectivity index (χ4v) is 6.68. The first-order valence-corrected chi connectivity index (χ1v) is 16.8. The van der Waals surface area contributed by atoms with Gasteiger partial charge in [0.1, 0.15) is 23.7 Å². The van der Waals surface area contributed by atoms with E-state index in [1.54, 1.807) is 22.2 Å². The largest absolute Gasteiger partial charge is 0.465 e. The van der Waals surface area contributed by atoms with Crippen LogP contribution in [0.4, 0.5) is 9.59 Å². The Bertz CT molecular complexity index is 1830. The van der Waals surface area contributed by atoms with E-state index in [0.717, 1.165) is 58.7 Å².